The molecule has 7 heteroatoms. The SMILES string of the molecule is O=C(Cn1nc2ccccn2c1=O)N1CCC(NCC2CC2)CC1. The summed E-state index contributed by atoms with van der Waals surface area (Å²) in [5.74, 6) is 0.854. The minimum atomic E-state index is -0.264. The molecule has 0 aromatic carbocycles. The normalized spacial score (nSPS) is 19.1. The molecule has 0 bridgehead atoms. The van der Waals surface area contributed by atoms with Gasteiger partial charge in [0.1, 0.15) is 6.54 Å². The van der Waals surface area contributed by atoms with E-state index in [9.17, 15) is 9.59 Å². The number of nitrogens with one attached hydrogen (secondary N) is 1. The summed E-state index contributed by atoms with van der Waals surface area (Å²) in [4.78, 5) is 26.6. The fraction of sp³-hybridized carbons (Fsp3) is 0.588. The highest BCUT2D eigenvalue weighted by molar-refractivity contribution is 5.76. The third-order valence-corrected chi connectivity index (χ3v) is 5.01. The first kappa shape index (κ1) is 15.4. The fourth-order valence-corrected chi connectivity index (χ4v) is 3.29. The van der Waals surface area contributed by atoms with E-state index in [1.165, 1.54) is 21.9 Å². The Kier molecular flexibility index (Phi) is 4.10. The van der Waals surface area contributed by atoms with Gasteiger partial charge in [-0.2, -0.15) is 0 Å². The van der Waals surface area contributed by atoms with Gasteiger partial charge in [0.15, 0.2) is 5.65 Å². The average molecular weight is 329 g/mol. The summed E-state index contributed by atoms with van der Waals surface area (Å²) in [7, 11) is 0. The number of likely N-dealkylation sites (tertiary alicyclic amines) is 1. The summed E-state index contributed by atoms with van der Waals surface area (Å²) in [5.41, 5.74) is 0.304. The molecule has 2 aromatic rings. The minimum absolute atomic E-state index is 0.0146. The van der Waals surface area contributed by atoms with E-state index in [-0.39, 0.29) is 18.1 Å². The number of carbonyl (C=O) groups excluding carboxylic acids is 1. The zero-order valence-electron chi connectivity index (χ0n) is 13.7. The molecule has 1 saturated heterocycles. The number of carbonyl (C=O) groups is 1. The molecular weight excluding hydrogens is 306 g/mol. The largest absolute Gasteiger partial charge is 0.350 e. The van der Waals surface area contributed by atoms with Crippen molar-refractivity contribution < 1.29 is 4.79 Å². The lowest BCUT2D eigenvalue weighted by Gasteiger charge is -2.32. The van der Waals surface area contributed by atoms with E-state index in [0.29, 0.717) is 11.7 Å². The average Bonchev–Trinajstić information content (AvgIpc) is 3.39. The van der Waals surface area contributed by atoms with Crippen LogP contribution >= 0.6 is 0 Å². The topological polar surface area (TPSA) is 71.6 Å². The van der Waals surface area contributed by atoms with Crippen molar-refractivity contribution in [2.75, 3.05) is 19.6 Å². The third kappa shape index (κ3) is 3.21. The summed E-state index contributed by atoms with van der Waals surface area (Å²) in [6.07, 6.45) is 6.36. The molecule has 1 N–H and O–H groups in total. The van der Waals surface area contributed by atoms with Crippen molar-refractivity contribution >= 4 is 11.6 Å². The Morgan fingerprint density at radius 2 is 2.00 bits per heavy atom. The van der Waals surface area contributed by atoms with Crippen molar-refractivity contribution in [2.24, 2.45) is 5.92 Å². The molecule has 128 valence electrons. The zero-order chi connectivity index (χ0) is 16.5. The van der Waals surface area contributed by atoms with Crippen molar-refractivity contribution in [3.63, 3.8) is 0 Å². The quantitative estimate of drug-likeness (QED) is 0.866. The molecule has 0 spiro atoms. The first-order valence-electron chi connectivity index (χ1n) is 8.76. The van der Waals surface area contributed by atoms with Gasteiger partial charge in [0.25, 0.3) is 0 Å². The molecule has 24 heavy (non-hydrogen) atoms. The second kappa shape index (κ2) is 6.39. The van der Waals surface area contributed by atoms with Gasteiger partial charge in [-0.1, -0.05) is 6.07 Å². The van der Waals surface area contributed by atoms with Crippen molar-refractivity contribution in [3.8, 4) is 0 Å². The van der Waals surface area contributed by atoms with Gasteiger partial charge in [-0.05, 0) is 50.3 Å². The summed E-state index contributed by atoms with van der Waals surface area (Å²) in [6, 6.07) is 5.89. The van der Waals surface area contributed by atoms with Crippen LogP contribution in [0.15, 0.2) is 29.2 Å². The number of rotatable bonds is 5. The van der Waals surface area contributed by atoms with E-state index < -0.39 is 0 Å². The number of amides is 1. The van der Waals surface area contributed by atoms with Crippen LogP contribution in [0.5, 0.6) is 0 Å². The summed E-state index contributed by atoms with van der Waals surface area (Å²) < 4.78 is 2.72. The maximum Gasteiger partial charge on any atom is 0.350 e. The summed E-state index contributed by atoms with van der Waals surface area (Å²) in [5, 5.41) is 7.84. The van der Waals surface area contributed by atoms with Crippen LogP contribution in [0.25, 0.3) is 5.65 Å². The van der Waals surface area contributed by atoms with Crippen LogP contribution in [0, 0.1) is 5.92 Å². The molecule has 3 heterocycles. The highest BCUT2D eigenvalue weighted by Gasteiger charge is 2.26. The minimum Gasteiger partial charge on any atom is -0.341 e. The van der Waals surface area contributed by atoms with Gasteiger partial charge in [0, 0.05) is 25.3 Å². The van der Waals surface area contributed by atoms with Crippen molar-refractivity contribution in [1.82, 2.24) is 24.4 Å². The Morgan fingerprint density at radius 3 is 2.71 bits per heavy atom. The van der Waals surface area contributed by atoms with Gasteiger partial charge >= 0.3 is 5.69 Å². The second-order valence-electron chi connectivity index (χ2n) is 6.88. The van der Waals surface area contributed by atoms with Crippen molar-refractivity contribution in [3.05, 3.63) is 34.9 Å². The standard InChI is InChI=1S/C17H23N5O2/c23-16(12-22-17(24)21-8-2-1-3-15(21)19-22)20-9-6-14(7-10-20)18-11-13-4-5-13/h1-3,8,13-14,18H,4-7,9-12H2. The Labute approximate surface area is 140 Å². The Morgan fingerprint density at radius 1 is 1.21 bits per heavy atom. The molecular formula is C17H23N5O2. The van der Waals surface area contributed by atoms with E-state index in [1.54, 1.807) is 18.3 Å². The molecule has 0 unspecified atom stereocenters. The molecule has 1 saturated carbocycles. The molecule has 2 aliphatic rings. The third-order valence-electron chi connectivity index (χ3n) is 5.01. The van der Waals surface area contributed by atoms with Crippen LogP contribution in [0.4, 0.5) is 0 Å². The van der Waals surface area contributed by atoms with Gasteiger partial charge in [-0.15, -0.1) is 5.10 Å². The number of aromatic nitrogens is 3. The molecule has 1 aliphatic heterocycles. The lowest BCUT2D eigenvalue weighted by Crippen LogP contribution is -2.46. The number of fused-ring (bicyclic) bond motifs is 1. The number of piperidine rings is 1. The van der Waals surface area contributed by atoms with Gasteiger partial charge in [0.2, 0.25) is 5.91 Å². The number of pyridine rings is 1. The lowest BCUT2D eigenvalue weighted by atomic mass is 10.0. The molecule has 2 aromatic heterocycles. The van der Waals surface area contributed by atoms with E-state index in [2.05, 4.69) is 10.4 Å². The van der Waals surface area contributed by atoms with Gasteiger partial charge in [-0.3, -0.25) is 9.20 Å². The first-order valence-corrected chi connectivity index (χ1v) is 8.76. The monoisotopic (exact) mass is 329 g/mol. The van der Waals surface area contributed by atoms with Crippen LogP contribution in [0.1, 0.15) is 25.7 Å². The predicted octanol–water partition coefficient (Wildman–Crippen LogP) is 0.487. The summed E-state index contributed by atoms with van der Waals surface area (Å²) in [6.45, 7) is 2.64. The maximum atomic E-state index is 12.5. The van der Waals surface area contributed by atoms with Gasteiger partial charge in [0.05, 0.1) is 0 Å². The van der Waals surface area contributed by atoms with Crippen LogP contribution in [0.2, 0.25) is 0 Å². The Hall–Kier alpha value is -2.15. The molecule has 0 radical (unpaired) electrons. The number of hydrogen-bond donors (Lipinski definition) is 1. The van der Waals surface area contributed by atoms with E-state index in [0.717, 1.165) is 38.4 Å². The molecule has 1 aliphatic carbocycles. The second-order valence-corrected chi connectivity index (χ2v) is 6.88. The van der Waals surface area contributed by atoms with E-state index in [1.807, 2.05) is 11.0 Å². The highest BCUT2D eigenvalue weighted by atomic mass is 16.2. The zero-order valence-corrected chi connectivity index (χ0v) is 13.7. The van der Waals surface area contributed by atoms with E-state index >= 15 is 0 Å². The van der Waals surface area contributed by atoms with Gasteiger partial charge in [-0.25, -0.2) is 9.48 Å². The molecule has 0 atom stereocenters. The van der Waals surface area contributed by atoms with Crippen LogP contribution in [-0.2, 0) is 11.3 Å². The van der Waals surface area contributed by atoms with Crippen LogP contribution in [-0.4, -0.2) is 50.7 Å². The first-order chi connectivity index (χ1) is 11.7. The Bertz CT molecular complexity index is 784. The summed E-state index contributed by atoms with van der Waals surface area (Å²) >= 11 is 0. The predicted molar refractivity (Wildman–Crippen MR) is 89.8 cm³/mol. The smallest absolute Gasteiger partial charge is 0.341 e. The molecule has 1 amide bonds. The van der Waals surface area contributed by atoms with Crippen molar-refractivity contribution in [1.29, 1.82) is 0 Å². The number of hydrogen-bond acceptors (Lipinski definition) is 4. The van der Waals surface area contributed by atoms with E-state index in [4.69, 9.17) is 0 Å². The Balaban J connectivity index is 1.34. The highest BCUT2D eigenvalue weighted by Crippen LogP contribution is 2.28. The number of nitrogens with zero attached hydrogens (tertiary/aromatic N) is 4. The molecule has 4 rings (SSSR count). The molecule has 2 fully saturated rings. The van der Waals surface area contributed by atoms with Crippen LogP contribution < -0.4 is 11.0 Å². The van der Waals surface area contributed by atoms with Crippen molar-refractivity contribution in [2.45, 2.75) is 38.3 Å². The molecule has 7 nitrogen and oxygen atoms in total. The van der Waals surface area contributed by atoms with Crippen LogP contribution in [0.3, 0.4) is 0 Å². The fourth-order valence-electron chi connectivity index (χ4n) is 3.29. The lowest BCUT2D eigenvalue weighted by molar-refractivity contribution is -0.133. The van der Waals surface area contributed by atoms with Gasteiger partial charge < -0.3 is 10.2 Å². The maximum absolute atomic E-state index is 12.5.